The summed E-state index contributed by atoms with van der Waals surface area (Å²) < 4.78 is 5.83. The number of benzene rings is 3. The molecule has 2 heterocycles. The number of nitrogens with zero attached hydrogens (tertiary/aromatic N) is 3. The van der Waals surface area contributed by atoms with E-state index >= 15 is 0 Å². The summed E-state index contributed by atoms with van der Waals surface area (Å²) in [4.78, 5) is 19.9. The fraction of sp³-hybridized carbons (Fsp3) is 0.233. The third-order valence-corrected chi connectivity index (χ3v) is 6.92. The fourth-order valence-corrected chi connectivity index (χ4v) is 4.56. The van der Waals surface area contributed by atoms with E-state index in [9.17, 15) is 4.79 Å². The second kappa shape index (κ2) is 9.46. The van der Waals surface area contributed by atoms with Gasteiger partial charge in [0.05, 0.1) is 17.3 Å². The SMILES string of the molecule is CCc1ccc(-c2noc(C3=C(C)N(c4ccc(C)cc4)C(=O)NC3c3ccc(C)c(C)c3)n2)cc1. The van der Waals surface area contributed by atoms with Gasteiger partial charge in [-0.3, -0.25) is 4.90 Å². The van der Waals surface area contributed by atoms with Crippen LogP contribution < -0.4 is 10.2 Å². The summed E-state index contributed by atoms with van der Waals surface area (Å²) in [5.74, 6) is 0.910. The highest BCUT2D eigenvalue weighted by atomic mass is 16.5. The molecule has 0 aliphatic carbocycles. The monoisotopic (exact) mass is 478 g/mol. The van der Waals surface area contributed by atoms with Gasteiger partial charge < -0.3 is 9.84 Å². The zero-order chi connectivity index (χ0) is 25.4. The third kappa shape index (κ3) is 4.31. The summed E-state index contributed by atoms with van der Waals surface area (Å²) in [5, 5.41) is 7.48. The Morgan fingerprint density at radius 1 is 0.917 bits per heavy atom. The lowest BCUT2D eigenvalue weighted by Gasteiger charge is -2.35. The van der Waals surface area contributed by atoms with Crippen LogP contribution in [0.25, 0.3) is 17.0 Å². The molecule has 0 radical (unpaired) electrons. The van der Waals surface area contributed by atoms with E-state index in [-0.39, 0.29) is 6.03 Å². The molecule has 0 fully saturated rings. The third-order valence-electron chi connectivity index (χ3n) is 6.92. The van der Waals surface area contributed by atoms with Crippen molar-refractivity contribution in [1.82, 2.24) is 15.5 Å². The Bertz CT molecular complexity index is 1450. The van der Waals surface area contributed by atoms with E-state index in [2.05, 4.69) is 55.5 Å². The highest BCUT2D eigenvalue weighted by Crippen LogP contribution is 2.39. The predicted molar refractivity (Wildman–Crippen MR) is 143 cm³/mol. The van der Waals surface area contributed by atoms with Crippen LogP contribution in [0.4, 0.5) is 10.5 Å². The first kappa shape index (κ1) is 23.5. The van der Waals surface area contributed by atoms with Crippen LogP contribution in [-0.2, 0) is 6.42 Å². The largest absolute Gasteiger partial charge is 0.334 e. The topological polar surface area (TPSA) is 71.3 Å². The first-order chi connectivity index (χ1) is 17.4. The van der Waals surface area contributed by atoms with Gasteiger partial charge in [0.1, 0.15) is 0 Å². The van der Waals surface area contributed by atoms with Crippen molar-refractivity contribution in [3.63, 3.8) is 0 Å². The number of anilines is 1. The average Bonchev–Trinajstić information content (AvgIpc) is 3.36. The Kier molecular flexibility index (Phi) is 6.18. The molecule has 182 valence electrons. The Morgan fingerprint density at radius 3 is 2.31 bits per heavy atom. The molecule has 0 saturated carbocycles. The van der Waals surface area contributed by atoms with Crippen LogP contribution in [0.15, 0.2) is 77.0 Å². The van der Waals surface area contributed by atoms with Gasteiger partial charge in [-0.05, 0) is 68.5 Å². The first-order valence-corrected chi connectivity index (χ1v) is 12.2. The fourth-order valence-electron chi connectivity index (χ4n) is 4.56. The van der Waals surface area contributed by atoms with Crippen LogP contribution in [0.5, 0.6) is 0 Å². The maximum atomic E-state index is 13.4. The second-order valence-electron chi connectivity index (χ2n) is 9.37. The van der Waals surface area contributed by atoms with E-state index in [1.54, 1.807) is 4.90 Å². The molecular formula is C30H30N4O2. The zero-order valence-electron chi connectivity index (χ0n) is 21.3. The van der Waals surface area contributed by atoms with E-state index in [0.717, 1.165) is 45.6 Å². The smallest absolute Gasteiger partial charge is 0.326 e. The average molecular weight is 479 g/mol. The van der Waals surface area contributed by atoms with Gasteiger partial charge in [-0.2, -0.15) is 4.98 Å². The number of carbonyl (C=O) groups is 1. The Balaban J connectivity index is 1.64. The number of hydrogen-bond donors (Lipinski definition) is 1. The van der Waals surface area contributed by atoms with E-state index in [1.807, 2.05) is 56.3 Å². The van der Waals surface area contributed by atoms with Crippen molar-refractivity contribution in [2.45, 2.75) is 47.1 Å². The molecule has 5 rings (SSSR count). The molecular weight excluding hydrogens is 448 g/mol. The minimum atomic E-state index is -0.422. The van der Waals surface area contributed by atoms with Gasteiger partial charge >= 0.3 is 6.03 Å². The molecule has 1 atom stereocenters. The number of rotatable bonds is 5. The molecule has 3 aromatic carbocycles. The number of nitrogens with one attached hydrogen (secondary N) is 1. The molecule has 1 N–H and O–H groups in total. The number of carbonyl (C=O) groups excluding carboxylic acids is 1. The number of aryl methyl sites for hydroxylation is 4. The Hall–Kier alpha value is -4.19. The first-order valence-electron chi connectivity index (χ1n) is 12.2. The van der Waals surface area contributed by atoms with Gasteiger partial charge in [-0.25, -0.2) is 4.79 Å². The van der Waals surface area contributed by atoms with Crippen molar-refractivity contribution >= 4 is 17.3 Å². The van der Waals surface area contributed by atoms with Gasteiger partial charge in [0.25, 0.3) is 5.89 Å². The Morgan fingerprint density at radius 2 is 1.64 bits per heavy atom. The molecule has 4 aromatic rings. The number of aromatic nitrogens is 2. The standard InChI is InChI=1S/C30H30N4O2/c1-6-22-10-13-23(14-11-22)28-32-29(36-33-28)26-21(5)34(25-15-7-18(2)8-16-25)30(35)31-27(26)24-12-9-19(3)20(4)17-24/h7-17,27H,6H2,1-5H3,(H,31,35). The summed E-state index contributed by atoms with van der Waals surface area (Å²) in [6.07, 6.45) is 0.968. The number of hydrogen-bond acceptors (Lipinski definition) is 4. The molecule has 2 amide bonds. The minimum absolute atomic E-state index is 0.196. The summed E-state index contributed by atoms with van der Waals surface area (Å²) in [6.45, 7) is 10.2. The van der Waals surface area contributed by atoms with Crippen LogP contribution >= 0.6 is 0 Å². The number of allylic oxidation sites excluding steroid dienone is 1. The summed E-state index contributed by atoms with van der Waals surface area (Å²) in [7, 11) is 0. The lowest BCUT2D eigenvalue weighted by Crippen LogP contribution is -2.46. The molecule has 1 aliphatic rings. The van der Waals surface area contributed by atoms with Crippen LogP contribution in [0, 0.1) is 20.8 Å². The second-order valence-corrected chi connectivity index (χ2v) is 9.37. The summed E-state index contributed by atoms with van der Waals surface area (Å²) in [5.41, 5.74) is 8.89. The van der Waals surface area contributed by atoms with Crippen LogP contribution in [-0.4, -0.2) is 16.2 Å². The van der Waals surface area contributed by atoms with Gasteiger partial charge in [-0.1, -0.05) is 72.2 Å². The highest BCUT2D eigenvalue weighted by molar-refractivity contribution is 6.01. The quantitative estimate of drug-likeness (QED) is 0.338. The van der Waals surface area contributed by atoms with Crippen molar-refractivity contribution in [3.05, 3.63) is 106 Å². The van der Waals surface area contributed by atoms with Crippen LogP contribution in [0.3, 0.4) is 0 Å². The van der Waals surface area contributed by atoms with Crippen molar-refractivity contribution < 1.29 is 9.32 Å². The number of urea groups is 1. The van der Waals surface area contributed by atoms with E-state index in [0.29, 0.717) is 11.7 Å². The van der Waals surface area contributed by atoms with Crippen LogP contribution in [0.1, 0.15) is 53.6 Å². The van der Waals surface area contributed by atoms with E-state index in [1.165, 1.54) is 11.1 Å². The molecule has 36 heavy (non-hydrogen) atoms. The van der Waals surface area contributed by atoms with Crippen molar-refractivity contribution in [2.24, 2.45) is 0 Å². The van der Waals surface area contributed by atoms with Crippen molar-refractivity contribution in [2.75, 3.05) is 4.90 Å². The molecule has 0 spiro atoms. The van der Waals surface area contributed by atoms with Crippen LogP contribution in [0.2, 0.25) is 0 Å². The van der Waals surface area contributed by atoms with Crippen molar-refractivity contribution in [1.29, 1.82) is 0 Å². The minimum Gasteiger partial charge on any atom is -0.334 e. The molecule has 1 unspecified atom stereocenters. The van der Waals surface area contributed by atoms with Gasteiger partial charge in [-0.15, -0.1) is 0 Å². The molecule has 6 heteroatoms. The van der Waals surface area contributed by atoms with Crippen molar-refractivity contribution in [3.8, 4) is 11.4 Å². The maximum absolute atomic E-state index is 13.4. The van der Waals surface area contributed by atoms with Gasteiger partial charge in [0.2, 0.25) is 5.82 Å². The van der Waals surface area contributed by atoms with E-state index in [4.69, 9.17) is 9.51 Å². The molecule has 0 bridgehead atoms. The highest BCUT2D eigenvalue weighted by Gasteiger charge is 2.36. The zero-order valence-corrected chi connectivity index (χ0v) is 21.3. The predicted octanol–water partition coefficient (Wildman–Crippen LogP) is 6.93. The lowest BCUT2D eigenvalue weighted by atomic mass is 9.92. The van der Waals surface area contributed by atoms with E-state index < -0.39 is 6.04 Å². The summed E-state index contributed by atoms with van der Waals surface area (Å²) >= 11 is 0. The van der Waals surface area contributed by atoms with Gasteiger partial charge in [0, 0.05) is 11.3 Å². The number of amides is 2. The molecule has 1 aliphatic heterocycles. The molecule has 1 aromatic heterocycles. The van der Waals surface area contributed by atoms with Gasteiger partial charge in [0.15, 0.2) is 0 Å². The maximum Gasteiger partial charge on any atom is 0.326 e. The normalized spacial score (nSPS) is 15.9. The molecule has 0 saturated heterocycles. The lowest BCUT2D eigenvalue weighted by molar-refractivity contribution is 0.244. The molecule has 6 nitrogen and oxygen atoms in total. The Labute approximate surface area is 211 Å². The summed E-state index contributed by atoms with van der Waals surface area (Å²) in [6, 6.07) is 21.7.